The predicted molar refractivity (Wildman–Crippen MR) is 77.1 cm³/mol. The Morgan fingerprint density at radius 1 is 1.32 bits per heavy atom. The zero-order chi connectivity index (χ0) is 14.3. The molecule has 0 amide bonds. The zero-order valence-corrected chi connectivity index (χ0v) is 12.6. The van der Waals surface area contributed by atoms with E-state index in [0.717, 1.165) is 5.56 Å². The van der Waals surface area contributed by atoms with Gasteiger partial charge >= 0.3 is 11.9 Å². The molecule has 19 heavy (non-hydrogen) atoms. The smallest absolute Gasteiger partial charge is 0.347 e. The molecule has 6 heteroatoms. The van der Waals surface area contributed by atoms with Crippen molar-refractivity contribution in [3.8, 4) is 0 Å². The molecule has 0 saturated heterocycles. The number of esters is 1. The van der Waals surface area contributed by atoms with Crippen LogP contribution in [0.5, 0.6) is 0 Å². The summed E-state index contributed by atoms with van der Waals surface area (Å²) in [7, 11) is 0. The van der Waals surface area contributed by atoms with E-state index in [4.69, 9.17) is 14.6 Å². The van der Waals surface area contributed by atoms with Crippen LogP contribution in [0.2, 0.25) is 0 Å². The van der Waals surface area contributed by atoms with Crippen LogP contribution in [0.4, 0.5) is 0 Å². The Kier molecular flexibility index (Phi) is 6.79. The molecule has 2 unspecified atom stereocenters. The highest BCUT2D eigenvalue weighted by Gasteiger charge is 2.24. The fourth-order valence-corrected chi connectivity index (χ4v) is 1.39. The van der Waals surface area contributed by atoms with Crippen molar-refractivity contribution in [1.29, 1.82) is 0 Å². The highest BCUT2D eigenvalue weighted by Crippen LogP contribution is 2.06. The minimum Gasteiger partial charge on any atom is -0.478 e. The Labute approximate surface area is 125 Å². The minimum atomic E-state index is -1.27. The summed E-state index contributed by atoms with van der Waals surface area (Å²) in [4.78, 5) is 22.3. The minimum absolute atomic E-state index is 0.167. The summed E-state index contributed by atoms with van der Waals surface area (Å²) in [6.45, 7) is 1.74. The topological polar surface area (TPSA) is 72.8 Å². The van der Waals surface area contributed by atoms with Gasteiger partial charge in [0.25, 0.3) is 0 Å². The van der Waals surface area contributed by atoms with Crippen LogP contribution < -0.4 is 0 Å². The second kappa shape index (κ2) is 8.11. The summed E-state index contributed by atoms with van der Waals surface area (Å²) in [6.07, 6.45) is -1.27. The Morgan fingerprint density at radius 2 is 1.95 bits per heavy atom. The number of carbonyl (C=O) groups excluding carboxylic acids is 1. The van der Waals surface area contributed by atoms with Gasteiger partial charge in [-0.25, -0.2) is 4.79 Å². The molecule has 0 bridgehead atoms. The molecule has 0 spiro atoms. The second-order valence-corrected chi connectivity index (χ2v) is 5.75. The third-order valence-corrected chi connectivity index (χ3v) is 2.75. The van der Waals surface area contributed by atoms with E-state index in [-0.39, 0.29) is 13.2 Å². The normalized spacial score (nSPS) is 13.6. The van der Waals surface area contributed by atoms with Gasteiger partial charge in [0.05, 0.1) is 13.2 Å². The zero-order valence-electron chi connectivity index (χ0n) is 10.4. The fourth-order valence-electron chi connectivity index (χ4n) is 1.25. The first kappa shape index (κ1) is 15.9. The average molecular weight is 378 g/mol. The molecule has 104 valence electrons. The van der Waals surface area contributed by atoms with Crippen molar-refractivity contribution in [1.82, 2.24) is 0 Å². The van der Waals surface area contributed by atoms with Crippen LogP contribution in [0.25, 0.3) is 0 Å². The quantitative estimate of drug-likeness (QED) is 0.447. The molecule has 0 aliphatic heterocycles. The van der Waals surface area contributed by atoms with Gasteiger partial charge in [0.2, 0.25) is 6.10 Å². The molecule has 1 aromatic rings. The molecule has 0 heterocycles. The molecule has 0 radical (unpaired) electrons. The van der Waals surface area contributed by atoms with E-state index < -0.39 is 22.0 Å². The maximum absolute atomic E-state index is 11.3. The van der Waals surface area contributed by atoms with Crippen LogP contribution in [-0.2, 0) is 25.7 Å². The van der Waals surface area contributed by atoms with Gasteiger partial charge in [0, 0.05) is 0 Å². The highest BCUT2D eigenvalue weighted by molar-refractivity contribution is 14.1. The predicted octanol–water partition coefficient (Wildman–Crippen LogP) is 2.02. The Bertz CT molecular complexity index is 418. The van der Waals surface area contributed by atoms with Crippen LogP contribution in [-0.4, -0.2) is 33.7 Å². The number of halogens is 1. The van der Waals surface area contributed by atoms with E-state index in [1.54, 1.807) is 6.92 Å². The SMILES string of the molecule is CC(I)C(=O)OC(COCc1ccccc1)C(=O)O. The lowest BCUT2D eigenvalue weighted by atomic mass is 10.2. The van der Waals surface area contributed by atoms with Crippen LogP contribution >= 0.6 is 22.6 Å². The Morgan fingerprint density at radius 3 is 2.47 bits per heavy atom. The molecule has 1 rings (SSSR count). The van der Waals surface area contributed by atoms with Crippen LogP contribution in [0.3, 0.4) is 0 Å². The standard InChI is InChI=1S/C13H15IO5/c1-9(14)13(17)19-11(12(15)16)8-18-7-10-5-3-2-4-6-10/h2-6,9,11H,7-8H2,1H3,(H,15,16). The van der Waals surface area contributed by atoms with E-state index in [2.05, 4.69) is 0 Å². The highest BCUT2D eigenvalue weighted by atomic mass is 127. The number of alkyl halides is 1. The monoisotopic (exact) mass is 378 g/mol. The van der Waals surface area contributed by atoms with Crippen LogP contribution in [0.1, 0.15) is 12.5 Å². The van der Waals surface area contributed by atoms with Gasteiger partial charge in [-0.1, -0.05) is 52.9 Å². The van der Waals surface area contributed by atoms with Crippen molar-refractivity contribution in [2.45, 2.75) is 23.6 Å². The number of rotatable bonds is 7. The second-order valence-electron chi connectivity index (χ2n) is 3.88. The number of hydrogen-bond acceptors (Lipinski definition) is 4. The summed E-state index contributed by atoms with van der Waals surface area (Å²) in [6, 6.07) is 9.35. The van der Waals surface area contributed by atoms with E-state index in [1.807, 2.05) is 52.9 Å². The van der Waals surface area contributed by atoms with Crippen LogP contribution in [0.15, 0.2) is 30.3 Å². The first-order chi connectivity index (χ1) is 9.00. The lowest BCUT2D eigenvalue weighted by Crippen LogP contribution is -2.33. The van der Waals surface area contributed by atoms with Gasteiger partial charge in [-0.05, 0) is 12.5 Å². The number of ether oxygens (including phenoxy) is 2. The first-order valence-corrected chi connectivity index (χ1v) is 6.94. The molecule has 2 atom stereocenters. The van der Waals surface area contributed by atoms with Gasteiger partial charge in [-0.15, -0.1) is 0 Å². The Hall–Kier alpha value is -1.15. The number of carbonyl (C=O) groups is 2. The van der Waals surface area contributed by atoms with E-state index in [0.29, 0.717) is 0 Å². The largest absolute Gasteiger partial charge is 0.478 e. The molecular weight excluding hydrogens is 363 g/mol. The molecule has 0 aliphatic rings. The lowest BCUT2D eigenvalue weighted by molar-refractivity contribution is -0.167. The van der Waals surface area contributed by atoms with E-state index in [9.17, 15) is 9.59 Å². The summed E-state index contributed by atoms with van der Waals surface area (Å²) in [5, 5.41) is 8.94. The summed E-state index contributed by atoms with van der Waals surface area (Å²) < 4.78 is 9.71. The summed E-state index contributed by atoms with van der Waals surface area (Å²) >= 11 is 1.86. The van der Waals surface area contributed by atoms with E-state index >= 15 is 0 Å². The number of aliphatic carboxylic acids is 1. The summed E-state index contributed by atoms with van der Waals surface area (Å²) in [5.74, 6) is -1.77. The third-order valence-electron chi connectivity index (χ3n) is 2.24. The number of hydrogen-bond donors (Lipinski definition) is 1. The number of benzene rings is 1. The molecule has 0 fully saturated rings. The first-order valence-electron chi connectivity index (χ1n) is 5.69. The number of carboxylic acids is 1. The molecule has 0 saturated carbocycles. The van der Waals surface area contributed by atoms with Gasteiger partial charge in [-0.2, -0.15) is 0 Å². The van der Waals surface area contributed by atoms with Crippen molar-refractivity contribution in [3.63, 3.8) is 0 Å². The molecule has 5 nitrogen and oxygen atoms in total. The molecule has 0 aliphatic carbocycles. The maximum Gasteiger partial charge on any atom is 0.347 e. The fraction of sp³-hybridized carbons (Fsp3) is 0.385. The van der Waals surface area contributed by atoms with Gasteiger partial charge < -0.3 is 14.6 Å². The molecular formula is C13H15IO5. The maximum atomic E-state index is 11.3. The van der Waals surface area contributed by atoms with Crippen molar-refractivity contribution < 1.29 is 24.2 Å². The van der Waals surface area contributed by atoms with Crippen LogP contribution in [0, 0.1) is 0 Å². The van der Waals surface area contributed by atoms with Gasteiger partial charge in [-0.3, -0.25) is 4.79 Å². The molecule has 0 aromatic heterocycles. The van der Waals surface area contributed by atoms with Gasteiger partial charge in [0.15, 0.2) is 0 Å². The average Bonchev–Trinajstić information content (AvgIpc) is 2.38. The third kappa shape index (κ3) is 6.02. The lowest BCUT2D eigenvalue weighted by Gasteiger charge is -2.15. The molecule has 1 N–H and O–H groups in total. The Balaban J connectivity index is 2.42. The van der Waals surface area contributed by atoms with Crippen molar-refractivity contribution in [3.05, 3.63) is 35.9 Å². The van der Waals surface area contributed by atoms with Crippen molar-refractivity contribution in [2.75, 3.05) is 6.61 Å². The van der Waals surface area contributed by atoms with Crippen molar-refractivity contribution >= 4 is 34.5 Å². The van der Waals surface area contributed by atoms with Gasteiger partial charge in [0.1, 0.15) is 3.92 Å². The molecule has 1 aromatic carbocycles. The van der Waals surface area contributed by atoms with E-state index in [1.165, 1.54) is 0 Å². The van der Waals surface area contributed by atoms with Crippen molar-refractivity contribution in [2.24, 2.45) is 0 Å². The summed E-state index contributed by atoms with van der Waals surface area (Å²) in [5.41, 5.74) is 0.931. The number of carboxylic acid groups (broad SMARTS) is 1.